The van der Waals surface area contributed by atoms with Crippen LogP contribution in [0.25, 0.3) is 0 Å². The molecule has 0 bridgehead atoms. The fourth-order valence-corrected chi connectivity index (χ4v) is 2.34. The van der Waals surface area contributed by atoms with Crippen LogP contribution in [-0.4, -0.2) is 22.8 Å². The molecule has 0 aromatic carbocycles. The standard InChI is InChI=1S/C6H9N2O3S/c9-5-12-3-1-2-7-6(12)4-8(10)11/h4-5,7H,1-3H2/q+1. The second kappa shape index (κ2) is 4.10. The number of carbonyl (C=O) groups is 1. The number of carbonyl (C=O) groups excluding carboxylic acids is 1. The van der Waals surface area contributed by atoms with Crippen LogP contribution in [0.5, 0.6) is 0 Å². The van der Waals surface area contributed by atoms with Gasteiger partial charge >= 0.3 is 11.8 Å². The van der Waals surface area contributed by atoms with E-state index >= 15 is 0 Å². The van der Waals surface area contributed by atoms with E-state index in [9.17, 15) is 14.9 Å². The third-order valence-corrected chi connectivity index (χ3v) is 3.24. The van der Waals surface area contributed by atoms with Gasteiger partial charge < -0.3 is 5.32 Å². The SMILES string of the molecule is O=C[S+]1CCCNC1=C[N+](=O)[O-]. The predicted octanol–water partition coefficient (Wildman–Crippen LogP) is -0.136. The minimum absolute atomic E-state index is 0.459. The highest BCUT2D eigenvalue weighted by atomic mass is 32.2. The van der Waals surface area contributed by atoms with Crippen LogP contribution in [0.1, 0.15) is 6.42 Å². The summed E-state index contributed by atoms with van der Waals surface area (Å²) < 4.78 is 0. The van der Waals surface area contributed by atoms with E-state index in [2.05, 4.69) is 5.32 Å². The Balaban J connectivity index is 2.70. The zero-order valence-corrected chi connectivity index (χ0v) is 7.17. The molecule has 1 heterocycles. The van der Waals surface area contributed by atoms with Crippen molar-refractivity contribution >= 4 is 16.5 Å². The van der Waals surface area contributed by atoms with Crippen molar-refractivity contribution in [3.8, 4) is 0 Å². The molecule has 0 spiro atoms. The van der Waals surface area contributed by atoms with Gasteiger partial charge in [0.05, 0.1) is 4.92 Å². The van der Waals surface area contributed by atoms with E-state index in [0.29, 0.717) is 5.03 Å². The first-order valence-corrected chi connectivity index (χ1v) is 4.94. The molecule has 1 atom stereocenters. The summed E-state index contributed by atoms with van der Waals surface area (Å²) >= 11 is 0. The Labute approximate surface area is 72.3 Å². The molecule has 0 saturated carbocycles. The van der Waals surface area contributed by atoms with Crippen molar-refractivity contribution in [2.24, 2.45) is 0 Å². The van der Waals surface area contributed by atoms with E-state index < -0.39 is 15.8 Å². The Morgan fingerprint density at radius 2 is 2.42 bits per heavy atom. The molecule has 66 valence electrons. The summed E-state index contributed by atoms with van der Waals surface area (Å²) in [4.78, 5) is 20.0. The maximum absolute atomic E-state index is 10.5. The van der Waals surface area contributed by atoms with Crippen LogP contribution in [0.3, 0.4) is 0 Å². The summed E-state index contributed by atoms with van der Waals surface area (Å²) in [5.41, 5.74) is 0.779. The van der Waals surface area contributed by atoms with Crippen molar-refractivity contribution in [3.05, 3.63) is 21.3 Å². The Bertz CT molecular complexity index is 229. The average Bonchev–Trinajstić information content (AvgIpc) is 2.04. The molecule has 1 rings (SSSR count). The molecular weight excluding hydrogens is 180 g/mol. The van der Waals surface area contributed by atoms with Crippen molar-refractivity contribution in [1.29, 1.82) is 0 Å². The summed E-state index contributed by atoms with van der Waals surface area (Å²) in [6.45, 7) is 0.719. The maximum atomic E-state index is 10.5. The average molecular weight is 189 g/mol. The van der Waals surface area contributed by atoms with E-state index in [0.717, 1.165) is 30.5 Å². The molecule has 1 N–H and O–H groups in total. The molecule has 0 aromatic rings. The molecule has 12 heavy (non-hydrogen) atoms. The molecule has 6 heteroatoms. The number of hydrogen-bond acceptors (Lipinski definition) is 4. The van der Waals surface area contributed by atoms with E-state index in [1.165, 1.54) is 0 Å². The monoisotopic (exact) mass is 189 g/mol. The Morgan fingerprint density at radius 1 is 1.67 bits per heavy atom. The number of rotatable bonds is 2. The lowest BCUT2D eigenvalue weighted by Crippen LogP contribution is -2.32. The number of nitrogens with one attached hydrogen (secondary N) is 1. The first-order chi connectivity index (χ1) is 5.74. The third kappa shape index (κ3) is 2.23. The Hall–Kier alpha value is -1.04. The summed E-state index contributed by atoms with van der Waals surface area (Å²) in [7, 11) is -0.582. The van der Waals surface area contributed by atoms with Crippen LogP contribution in [0.15, 0.2) is 11.2 Å². The van der Waals surface area contributed by atoms with Gasteiger partial charge in [-0.1, -0.05) is 0 Å². The van der Waals surface area contributed by atoms with E-state index in [1.54, 1.807) is 0 Å². The van der Waals surface area contributed by atoms with Crippen LogP contribution >= 0.6 is 0 Å². The fraction of sp³-hybridized carbons (Fsp3) is 0.500. The van der Waals surface area contributed by atoms with Gasteiger partial charge in [0.1, 0.15) is 16.6 Å². The van der Waals surface area contributed by atoms with Crippen molar-refractivity contribution in [1.82, 2.24) is 5.32 Å². The van der Waals surface area contributed by atoms with Gasteiger partial charge in [-0.2, -0.15) is 0 Å². The molecule has 1 unspecified atom stereocenters. The van der Waals surface area contributed by atoms with Gasteiger partial charge in [0.2, 0.25) is 0 Å². The lowest BCUT2D eigenvalue weighted by Gasteiger charge is -2.10. The molecule has 0 amide bonds. The van der Waals surface area contributed by atoms with Gasteiger partial charge in [-0.15, -0.1) is 0 Å². The molecule has 1 saturated heterocycles. The number of nitrogens with zero attached hydrogens (tertiary/aromatic N) is 1. The minimum atomic E-state index is -0.582. The Kier molecular flexibility index (Phi) is 3.09. The molecule has 1 aliphatic rings. The number of nitro groups is 1. The van der Waals surface area contributed by atoms with Crippen LogP contribution in [0.4, 0.5) is 0 Å². The number of hydrogen-bond donors (Lipinski definition) is 1. The van der Waals surface area contributed by atoms with E-state index in [4.69, 9.17) is 0 Å². The highest BCUT2D eigenvalue weighted by molar-refractivity contribution is 8.12. The highest BCUT2D eigenvalue weighted by Gasteiger charge is 2.30. The van der Waals surface area contributed by atoms with Crippen molar-refractivity contribution < 1.29 is 9.72 Å². The van der Waals surface area contributed by atoms with Crippen LogP contribution in [0.2, 0.25) is 0 Å². The molecule has 1 aliphatic heterocycles. The van der Waals surface area contributed by atoms with Gasteiger partial charge in [-0.25, -0.2) is 4.79 Å². The predicted molar refractivity (Wildman–Crippen MR) is 46.7 cm³/mol. The lowest BCUT2D eigenvalue weighted by molar-refractivity contribution is -0.403. The molecule has 0 aromatic heterocycles. The zero-order chi connectivity index (χ0) is 8.97. The molecule has 1 fully saturated rings. The minimum Gasteiger partial charge on any atom is -0.340 e. The second-order valence-corrected chi connectivity index (χ2v) is 4.19. The van der Waals surface area contributed by atoms with E-state index in [-0.39, 0.29) is 0 Å². The topological polar surface area (TPSA) is 72.2 Å². The molecular formula is C6H9N2O3S+. The van der Waals surface area contributed by atoms with Crippen LogP contribution < -0.4 is 5.32 Å². The smallest absolute Gasteiger partial charge is 0.327 e. The lowest BCUT2D eigenvalue weighted by atomic mass is 10.5. The second-order valence-electron chi connectivity index (χ2n) is 2.29. The van der Waals surface area contributed by atoms with Gasteiger partial charge in [-0.3, -0.25) is 10.1 Å². The normalized spacial score (nSPS) is 26.3. The fourth-order valence-electron chi connectivity index (χ4n) is 0.951. The van der Waals surface area contributed by atoms with E-state index in [1.807, 2.05) is 0 Å². The third-order valence-electron chi connectivity index (χ3n) is 1.46. The zero-order valence-electron chi connectivity index (χ0n) is 6.36. The van der Waals surface area contributed by atoms with Gasteiger partial charge in [0, 0.05) is 13.0 Å². The quantitative estimate of drug-likeness (QED) is 0.284. The molecule has 5 nitrogen and oxygen atoms in total. The Morgan fingerprint density at radius 3 is 3.00 bits per heavy atom. The summed E-state index contributed by atoms with van der Waals surface area (Å²) in [5.74, 6) is 0.732. The first-order valence-electron chi connectivity index (χ1n) is 3.48. The summed E-state index contributed by atoms with van der Waals surface area (Å²) in [6.07, 6.45) is 1.79. The van der Waals surface area contributed by atoms with Crippen molar-refractivity contribution in [2.45, 2.75) is 6.42 Å². The largest absolute Gasteiger partial charge is 0.340 e. The summed E-state index contributed by atoms with van der Waals surface area (Å²) in [5, 5.41) is 13.4. The van der Waals surface area contributed by atoms with Gasteiger partial charge in [0.25, 0.3) is 5.03 Å². The molecule has 0 aliphatic carbocycles. The van der Waals surface area contributed by atoms with Crippen molar-refractivity contribution in [3.63, 3.8) is 0 Å². The highest BCUT2D eigenvalue weighted by Crippen LogP contribution is 2.11. The summed E-state index contributed by atoms with van der Waals surface area (Å²) in [6, 6.07) is 0. The van der Waals surface area contributed by atoms with Gasteiger partial charge in [-0.05, 0) is 0 Å². The van der Waals surface area contributed by atoms with Crippen LogP contribution in [0, 0.1) is 10.1 Å². The first kappa shape index (κ1) is 9.05. The van der Waals surface area contributed by atoms with Crippen LogP contribution in [-0.2, 0) is 15.7 Å². The maximum Gasteiger partial charge on any atom is 0.327 e. The van der Waals surface area contributed by atoms with Crippen molar-refractivity contribution in [2.75, 3.05) is 12.3 Å². The van der Waals surface area contributed by atoms with Gasteiger partial charge in [0.15, 0.2) is 0 Å². The molecule has 0 radical (unpaired) electrons.